The summed E-state index contributed by atoms with van der Waals surface area (Å²) >= 11 is 5.88. The molecular formula is C16H21ClN2O4. The van der Waals surface area contributed by atoms with E-state index in [-0.39, 0.29) is 23.4 Å². The molecule has 23 heavy (non-hydrogen) atoms. The van der Waals surface area contributed by atoms with E-state index in [2.05, 4.69) is 10.9 Å². The third-order valence-electron chi connectivity index (χ3n) is 3.41. The van der Waals surface area contributed by atoms with Gasteiger partial charge in [-0.1, -0.05) is 43.5 Å². The predicted octanol–water partition coefficient (Wildman–Crippen LogP) is 2.77. The van der Waals surface area contributed by atoms with Gasteiger partial charge in [-0.15, -0.1) is 0 Å². The SMILES string of the molecule is CCCC[C@H](CCC(=O)NNC(=O)c1ccccc1Cl)C(=O)O. The maximum atomic E-state index is 11.9. The van der Waals surface area contributed by atoms with Crippen LogP contribution in [0.3, 0.4) is 0 Å². The first-order valence-corrected chi connectivity index (χ1v) is 7.90. The molecule has 0 spiro atoms. The number of rotatable bonds is 8. The van der Waals surface area contributed by atoms with Crippen LogP contribution in [-0.4, -0.2) is 22.9 Å². The van der Waals surface area contributed by atoms with Gasteiger partial charge in [-0.05, 0) is 25.0 Å². The molecule has 3 N–H and O–H groups in total. The molecule has 1 rings (SSSR count). The van der Waals surface area contributed by atoms with Crippen LogP contribution in [-0.2, 0) is 9.59 Å². The summed E-state index contributed by atoms with van der Waals surface area (Å²) in [5.74, 6) is -2.40. The maximum Gasteiger partial charge on any atom is 0.306 e. The molecule has 0 saturated heterocycles. The lowest BCUT2D eigenvalue weighted by Gasteiger charge is -2.12. The highest BCUT2D eigenvalue weighted by molar-refractivity contribution is 6.33. The van der Waals surface area contributed by atoms with Gasteiger partial charge in [-0.3, -0.25) is 25.2 Å². The van der Waals surface area contributed by atoms with Gasteiger partial charge in [0, 0.05) is 6.42 Å². The van der Waals surface area contributed by atoms with Crippen LogP contribution in [0.15, 0.2) is 24.3 Å². The van der Waals surface area contributed by atoms with E-state index in [1.807, 2.05) is 6.92 Å². The van der Waals surface area contributed by atoms with Crippen molar-refractivity contribution >= 4 is 29.4 Å². The lowest BCUT2D eigenvalue weighted by Crippen LogP contribution is -2.41. The minimum Gasteiger partial charge on any atom is -0.481 e. The highest BCUT2D eigenvalue weighted by atomic mass is 35.5. The van der Waals surface area contributed by atoms with Gasteiger partial charge in [0.15, 0.2) is 0 Å². The van der Waals surface area contributed by atoms with Crippen LogP contribution in [0.25, 0.3) is 0 Å². The van der Waals surface area contributed by atoms with Gasteiger partial charge in [-0.2, -0.15) is 0 Å². The van der Waals surface area contributed by atoms with Crippen LogP contribution in [0, 0.1) is 5.92 Å². The van der Waals surface area contributed by atoms with Crippen molar-refractivity contribution < 1.29 is 19.5 Å². The Bertz CT molecular complexity index is 563. The highest BCUT2D eigenvalue weighted by Crippen LogP contribution is 2.15. The molecule has 0 aliphatic rings. The van der Waals surface area contributed by atoms with E-state index < -0.39 is 23.7 Å². The van der Waals surface area contributed by atoms with Crippen LogP contribution >= 0.6 is 11.6 Å². The van der Waals surface area contributed by atoms with Crippen LogP contribution < -0.4 is 10.9 Å². The largest absolute Gasteiger partial charge is 0.481 e. The number of carbonyl (C=O) groups excluding carboxylic acids is 2. The molecule has 0 aromatic heterocycles. The summed E-state index contributed by atoms with van der Waals surface area (Å²) in [5, 5.41) is 9.38. The fraction of sp³-hybridized carbons (Fsp3) is 0.438. The Labute approximate surface area is 140 Å². The van der Waals surface area contributed by atoms with Crippen LogP contribution in [0.1, 0.15) is 49.4 Å². The Morgan fingerprint density at radius 3 is 2.48 bits per heavy atom. The number of carbonyl (C=O) groups is 3. The van der Waals surface area contributed by atoms with Crippen molar-refractivity contribution in [3.05, 3.63) is 34.9 Å². The molecule has 0 heterocycles. The van der Waals surface area contributed by atoms with Crippen molar-refractivity contribution in [1.82, 2.24) is 10.9 Å². The normalized spacial score (nSPS) is 11.6. The Kier molecular flexibility index (Phi) is 8.11. The van der Waals surface area contributed by atoms with Crippen molar-refractivity contribution in [1.29, 1.82) is 0 Å². The summed E-state index contributed by atoms with van der Waals surface area (Å²) in [7, 11) is 0. The Hall–Kier alpha value is -2.08. The molecule has 6 nitrogen and oxygen atoms in total. The van der Waals surface area contributed by atoms with E-state index in [4.69, 9.17) is 16.7 Å². The zero-order valence-corrected chi connectivity index (χ0v) is 13.7. The second-order valence-corrected chi connectivity index (χ2v) is 5.61. The molecule has 7 heteroatoms. The van der Waals surface area contributed by atoms with Gasteiger partial charge in [-0.25, -0.2) is 0 Å². The lowest BCUT2D eigenvalue weighted by atomic mass is 9.97. The van der Waals surface area contributed by atoms with Gasteiger partial charge >= 0.3 is 5.97 Å². The molecule has 1 atom stereocenters. The number of nitrogens with one attached hydrogen (secondary N) is 2. The Morgan fingerprint density at radius 1 is 1.17 bits per heavy atom. The van der Waals surface area contributed by atoms with Crippen LogP contribution in [0.4, 0.5) is 0 Å². The summed E-state index contributed by atoms with van der Waals surface area (Å²) in [6.45, 7) is 1.98. The zero-order valence-electron chi connectivity index (χ0n) is 13.0. The summed E-state index contributed by atoms with van der Waals surface area (Å²) < 4.78 is 0. The van der Waals surface area contributed by atoms with E-state index >= 15 is 0 Å². The fourth-order valence-electron chi connectivity index (χ4n) is 2.05. The number of benzene rings is 1. The average Bonchev–Trinajstić information content (AvgIpc) is 2.52. The monoisotopic (exact) mass is 340 g/mol. The minimum absolute atomic E-state index is 0.0312. The van der Waals surface area contributed by atoms with E-state index in [1.165, 1.54) is 6.07 Å². The number of amides is 2. The second kappa shape index (κ2) is 9.84. The van der Waals surface area contributed by atoms with E-state index in [0.29, 0.717) is 6.42 Å². The van der Waals surface area contributed by atoms with Gasteiger partial charge in [0.2, 0.25) is 5.91 Å². The highest BCUT2D eigenvalue weighted by Gasteiger charge is 2.18. The number of hydrazine groups is 1. The smallest absolute Gasteiger partial charge is 0.306 e. The first kappa shape index (κ1) is 19.0. The topological polar surface area (TPSA) is 95.5 Å². The molecule has 0 aliphatic carbocycles. The summed E-state index contributed by atoms with van der Waals surface area (Å²) in [5.41, 5.74) is 4.78. The average molecular weight is 341 g/mol. The molecular weight excluding hydrogens is 320 g/mol. The molecule has 0 unspecified atom stereocenters. The fourth-order valence-corrected chi connectivity index (χ4v) is 2.27. The second-order valence-electron chi connectivity index (χ2n) is 5.20. The predicted molar refractivity (Wildman–Crippen MR) is 86.9 cm³/mol. The van der Waals surface area contributed by atoms with E-state index in [9.17, 15) is 14.4 Å². The summed E-state index contributed by atoms with van der Waals surface area (Å²) in [4.78, 5) is 34.7. The number of carboxylic acids is 1. The van der Waals surface area contributed by atoms with Gasteiger partial charge in [0.1, 0.15) is 0 Å². The minimum atomic E-state index is -0.897. The van der Waals surface area contributed by atoms with Gasteiger partial charge in [0.05, 0.1) is 16.5 Å². The standard InChI is InChI=1S/C16H21ClN2O4/c1-2-3-6-11(16(22)23)9-10-14(20)18-19-15(21)12-7-4-5-8-13(12)17/h4-5,7-8,11H,2-3,6,9-10H2,1H3,(H,18,20)(H,19,21)(H,22,23)/t11-/m1/s1. The van der Waals surface area contributed by atoms with Gasteiger partial charge < -0.3 is 5.11 Å². The Morgan fingerprint density at radius 2 is 1.87 bits per heavy atom. The first-order chi connectivity index (χ1) is 11.0. The van der Waals surface area contributed by atoms with Crippen molar-refractivity contribution in [3.63, 3.8) is 0 Å². The number of hydrogen-bond acceptors (Lipinski definition) is 3. The number of unbranched alkanes of at least 4 members (excludes halogenated alkanes) is 1. The molecule has 0 bridgehead atoms. The van der Waals surface area contributed by atoms with Crippen molar-refractivity contribution in [2.24, 2.45) is 5.92 Å². The summed E-state index contributed by atoms with van der Waals surface area (Å²) in [6, 6.07) is 6.46. The van der Waals surface area contributed by atoms with Crippen molar-refractivity contribution in [2.45, 2.75) is 39.0 Å². The summed E-state index contributed by atoms with van der Waals surface area (Å²) in [6.07, 6.45) is 2.53. The third-order valence-corrected chi connectivity index (χ3v) is 3.74. The van der Waals surface area contributed by atoms with E-state index in [1.54, 1.807) is 18.2 Å². The molecule has 0 fully saturated rings. The molecule has 1 aromatic rings. The number of carboxylic acid groups (broad SMARTS) is 1. The van der Waals surface area contributed by atoms with Gasteiger partial charge in [0.25, 0.3) is 5.91 Å². The van der Waals surface area contributed by atoms with Crippen LogP contribution in [0.2, 0.25) is 5.02 Å². The number of hydrogen-bond donors (Lipinski definition) is 3. The molecule has 0 radical (unpaired) electrons. The Balaban J connectivity index is 2.40. The quantitative estimate of drug-likeness (QED) is 0.634. The van der Waals surface area contributed by atoms with Crippen molar-refractivity contribution in [3.8, 4) is 0 Å². The number of aliphatic carboxylic acids is 1. The molecule has 1 aromatic carbocycles. The number of halogens is 1. The molecule has 2 amide bonds. The third kappa shape index (κ3) is 6.69. The zero-order chi connectivity index (χ0) is 17.2. The van der Waals surface area contributed by atoms with E-state index in [0.717, 1.165) is 12.8 Å². The van der Waals surface area contributed by atoms with Crippen LogP contribution in [0.5, 0.6) is 0 Å². The maximum absolute atomic E-state index is 11.9. The molecule has 126 valence electrons. The molecule has 0 aliphatic heterocycles. The first-order valence-electron chi connectivity index (χ1n) is 7.52. The lowest BCUT2D eigenvalue weighted by molar-refractivity contribution is -0.142. The molecule has 0 saturated carbocycles. The van der Waals surface area contributed by atoms with Crippen molar-refractivity contribution in [2.75, 3.05) is 0 Å².